The third-order valence-corrected chi connectivity index (χ3v) is 4.38. The van der Waals surface area contributed by atoms with Crippen LogP contribution in [0, 0.1) is 13.8 Å². The molecule has 120 valence electrons. The Morgan fingerprint density at radius 2 is 1.52 bits per heavy atom. The summed E-state index contributed by atoms with van der Waals surface area (Å²) in [5, 5.41) is 3.68. The van der Waals surface area contributed by atoms with Crippen LogP contribution in [0.3, 0.4) is 0 Å². The normalized spacial score (nSPS) is 12.6. The molecular formula is C20H35N. The van der Waals surface area contributed by atoms with Crippen molar-refractivity contribution < 1.29 is 0 Å². The average Bonchev–Trinajstić information content (AvgIpc) is 2.48. The molecule has 0 bridgehead atoms. The van der Waals surface area contributed by atoms with Gasteiger partial charge in [0.15, 0.2) is 0 Å². The Hall–Kier alpha value is -0.820. The van der Waals surface area contributed by atoms with E-state index >= 15 is 0 Å². The fourth-order valence-electron chi connectivity index (χ4n) is 2.91. The lowest BCUT2D eigenvalue weighted by Gasteiger charge is -2.17. The number of benzene rings is 1. The summed E-state index contributed by atoms with van der Waals surface area (Å²) < 4.78 is 0. The van der Waals surface area contributed by atoms with Crippen LogP contribution in [-0.4, -0.2) is 6.54 Å². The van der Waals surface area contributed by atoms with Gasteiger partial charge in [0.05, 0.1) is 0 Å². The number of aryl methyl sites for hydroxylation is 2. The summed E-state index contributed by atoms with van der Waals surface area (Å²) in [6.45, 7) is 10.1. The van der Waals surface area contributed by atoms with Crippen molar-refractivity contribution in [3.8, 4) is 0 Å². The molecule has 1 N–H and O–H groups in total. The maximum absolute atomic E-state index is 3.68. The molecule has 0 aliphatic rings. The van der Waals surface area contributed by atoms with E-state index in [1.54, 1.807) is 0 Å². The first-order valence-corrected chi connectivity index (χ1v) is 8.95. The van der Waals surface area contributed by atoms with E-state index in [2.05, 4.69) is 51.2 Å². The Balaban J connectivity index is 2.11. The van der Waals surface area contributed by atoms with Crippen LogP contribution in [0.1, 0.15) is 87.9 Å². The van der Waals surface area contributed by atoms with E-state index in [0.29, 0.717) is 6.04 Å². The lowest BCUT2D eigenvalue weighted by Crippen LogP contribution is -2.20. The van der Waals surface area contributed by atoms with E-state index < -0.39 is 0 Å². The van der Waals surface area contributed by atoms with Crippen LogP contribution in [0.2, 0.25) is 0 Å². The van der Waals surface area contributed by atoms with Gasteiger partial charge in [0.25, 0.3) is 0 Å². The van der Waals surface area contributed by atoms with Crippen molar-refractivity contribution in [3.63, 3.8) is 0 Å². The van der Waals surface area contributed by atoms with Gasteiger partial charge in [-0.1, -0.05) is 75.6 Å². The minimum atomic E-state index is 0.467. The van der Waals surface area contributed by atoms with Gasteiger partial charge in [-0.25, -0.2) is 0 Å². The van der Waals surface area contributed by atoms with Crippen molar-refractivity contribution in [3.05, 3.63) is 34.9 Å². The van der Waals surface area contributed by atoms with Crippen LogP contribution in [0.5, 0.6) is 0 Å². The van der Waals surface area contributed by atoms with Crippen LogP contribution in [-0.2, 0) is 0 Å². The van der Waals surface area contributed by atoms with Crippen molar-refractivity contribution in [2.75, 3.05) is 6.54 Å². The number of hydrogen-bond donors (Lipinski definition) is 1. The predicted octanol–water partition coefficient (Wildman–Crippen LogP) is 6.09. The van der Waals surface area contributed by atoms with Crippen molar-refractivity contribution in [1.29, 1.82) is 0 Å². The number of nitrogens with one attached hydrogen (secondary N) is 1. The van der Waals surface area contributed by atoms with Gasteiger partial charge < -0.3 is 5.32 Å². The van der Waals surface area contributed by atoms with Gasteiger partial charge in [-0.05, 0) is 44.9 Å². The molecule has 1 rings (SSSR count). The zero-order chi connectivity index (χ0) is 15.5. The second-order valence-electron chi connectivity index (χ2n) is 6.51. The summed E-state index contributed by atoms with van der Waals surface area (Å²) in [5.74, 6) is 0. The topological polar surface area (TPSA) is 12.0 Å². The lowest BCUT2D eigenvalue weighted by molar-refractivity contribution is 0.520. The highest BCUT2D eigenvalue weighted by Gasteiger charge is 2.07. The maximum atomic E-state index is 3.68. The van der Waals surface area contributed by atoms with Crippen LogP contribution >= 0.6 is 0 Å². The smallest absolute Gasteiger partial charge is 0.0294 e. The van der Waals surface area contributed by atoms with Crippen LogP contribution in [0.25, 0.3) is 0 Å². The summed E-state index contributed by atoms with van der Waals surface area (Å²) in [5.41, 5.74) is 4.21. The summed E-state index contributed by atoms with van der Waals surface area (Å²) in [6, 6.07) is 7.22. The zero-order valence-corrected chi connectivity index (χ0v) is 14.7. The molecule has 1 heteroatoms. The molecular weight excluding hydrogens is 254 g/mol. The molecule has 1 unspecified atom stereocenters. The molecule has 0 amide bonds. The van der Waals surface area contributed by atoms with E-state index in [4.69, 9.17) is 0 Å². The minimum absolute atomic E-state index is 0.467. The summed E-state index contributed by atoms with van der Waals surface area (Å²) in [6.07, 6.45) is 11.1. The van der Waals surface area contributed by atoms with Crippen LogP contribution < -0.4 is 5.32 Å². The van der Waals surface area contributed by atoms with Gasteiger partial charge in [0.1, 0.15) is 0 Å². The first-order valence-electron chi connectivity index (χ1n) is 8.95. The third kappa shape index (κ3) is 7.66. The van der Waals surface area contributed by atoms with Gasteiger partial charge in [-0.3, -0.25) is 0 Å². The highest BCUT2D eigenvalue weighted by Crippen LogP contribution is 2.19. The third-order valence-electron chi connectivity index (χ3n) is 4.38. The quantitative estimate of drug-likeness (QED) is 0.486. The van der Waals surface area contributed by atoms with Crippen LogP contribution in [0.4, 0.5) is 0 Å². The van der Waals surface area contributed by atoms with E-state index in [9.17, 15) is 0 Å². The molecule has 0 saturated carbocycles. The molecule has 1 aromatic carbocycles. The first-order chi connectivity index (χ1) is 10.1. The van der Waals surface area contributed by atoms with Crippen molar-refractivity contribution in [2.24, 2.45) is 0 Å². The Labute approximate surface area is 132 Å². The second kappa shape index (κ2) is 10.8. The molecule has 1 atom stereocenters. The highest BCUT2D eigenvalue weighted by molar-refractivity contribution is 5.32. The maximum Gasteiger partial charge on any atom is 0.0294 e. The molecule has 1 aromatic rings. The highest BCUT2D eigenvalue weighted by atomic mass is 14.9. The second-order valence-corrected chi connectivity index (χ2v) is 6.51. The van der Waals surface area contributed by atoms with Gasteiger partial charge in [-0.2, -0.15) is 0 Å². The molecule has 0 aliphatic carbocycles. The van der Waals surface area contributed by atoms with Crippen molar-refractivity contribution in [2.45, 2.75) is 85.1 Å². The average molecular weight is 290 g/mol. The van der Waals surface area contributed by atoms with Crippen molar-refractivity contribution >= 4 is 0 Å². The molecule has 0 fully saturated rings. The monoisotopic (exact) mass is 289 g/mol. The van der Waals surface area contributed by atoms with Gasteiger partial charge in [-0.15, -0.1) is 0 Å². The molecule has 0 spiro atoms. The Morgan fingerprint density at radius 1 is 0.905 bits per heavy atom. The molecule has 0 heterocycles. The standard InChI is InChI=1S/C20H35N/c1-5-6-7-8-9-10-11-12-15-21-19(4)20-16-17(2)13-14-18(20)3/h13-14,16,19,21H,5-12,15H2,1-4H3. The minimum Gasteiger partial charge on any atom is -0.310 e. The lowest BCUT2D eigenvalue weighted by atomic mass is 10.00. The van der Waals surface area contributed by atoms with E-state index in [1.807, 2.05) is 0 Å². The summed E-state index contributed by atoms with van der Waals surface area (Å²) in [4.78, 5) is 0. The molecule has 1 nitrogen and oxygen atoms in total. The van der Waals surface area contributed by atoms with Crippen molar-refractivity contribution in [1.82, 2.24) is 5.32 Å². The fraction of sp³-hybridized carbons (Fsp3) is 0.700. The SMILES string of the molecule is CCCCCCCCCCNC(C)c1cc(C)ccc1C. The Bertz CT molecular complexity index is 383. The summed E-state index contributed by atoms with van der Waals surface area (Å²) in [7, 11) is 0. The van der Waals surface area contributed by atoms with E-state index in [1.165, 1.54) is 68.1 Å². The fourth-order valence-corrected chi connectivity index (χ4v) is 2.91. The number of rotatable bonds is 11. The number of unbranched alkanes of at least 4 members (excludes halogenated alkanes) is 7. The molecule has 21 heavy (non-hydrogen) atoms. The van der Waals surface area contributed by atoms with Gasteiger partial charge in [0, 0.05) is 6.04 Å². The van der Waals surface area contributed by atoms with E-state index in [0.717, 1.165) is 6.54 Å². The van der Waals surface area contributed by atoms with Gasteiger partial charge >= 0.3 is 0 Å². The largest absolute Gasteiger partial charge is 0.310 e. The zero-order valence-electron chi connectivity index (χ0n) is 14.7. The Kier molecular flexibility index (Phi) is 9.41. The summed E-state index contributed by atoms with van der Waals surface area (Å²) >= 11 is 0. The molecule has 0 radical (unpaired) electrons. The number of hydrogen-bond acceptors (Lipinski definition) is 1. The molecule has 0 saturated heterocycles. The first kappa shape index (κ1) is 18.2. The molecule has 0 aliphatic heterocycles. The molecule has 0 aromatic heterocycles. The van der Waals surface area contributed by atoms with E-state index in [-0.39, 0.29) is 0 Å². The van der Waals surface area contributed by atoms with Crippen LogP contribution in [0.15, 0.2) is 18.2 Å². The predicted molar refractivity (Wildman–Crippen MR) is 94.9 cm³/mol. The Morgan fingerprint density at radius 3 is 2.19 bits per heavy atom. The van der Waals surface area contributed by atoms with Gasteiger partial charge in [0.2, 0.25) is 0 Å².